The van der Waals surface area contributed by atoms with Gasteiger partial charge in [0.15, 0.2) is 0 Å². The Morgan fingerprint density at radius 3 is 3.00 bits per heavy atom. The highest BCUT2D eigenvalue weighted by Crippen LogP contribution is 2.31. The fraction of sp³-hybridized carbons (Fsp3) is 0.182. The van der Waals surface area contributed by atoms with Gasteiger partial charge in [-0.15, -0.1) is 11.3 Å². The summed E-state index contributed by atoms with van der Waals surface area (Å²) in [7, 11) is 0. The van der Waals surface area contributed by atoms with Gasteiger partial charge in [-0.3, -0.25) is 0 Å². The topological polar surface area (TPSA) is 23.8 Å². The Morgan fingerprint density at radius 1 is 1.50 bits per heavy atom. The van der Waals surface area contributed by atoms with Crippen molar-refractivity contribution >= 4 is 33.0 Å². The summed E-state index contributed by atoms with van der Waals surface area (Å²) in [6, 6.07) is 6.00. The third-order valence-electron chi connectivity index (χ3n) is 2.18. The Kier molecular flexibility index (Phi) is 2.45. The first-order valence-electron chi connectivity index (χ1n) is 4.25. The smallest absolute Gasteiger partial charge is 0.0669 e. The van der Waals surface area contributed by atoms with Gasteiger partial charge in [0.05, 0.1) is 12.5 Å². The molecule has 1 nitrogen and oxygen atoms in total. The molecule has 2 aromatic rings. The maximum Gasteiger partial charge on any atom is 0.0669 e. The van der Waals surface area contributed by atoms with E-state index in [1.807, 2.05) is 12.1 Å². The van der Waals surface area contributed by atoms with Crippen molar-refractivity contribution in [1.82, 2.24) is 0 Å². The average Bonchev–Trinajstić information content (AvgIpc) is 2.48. The van der Waals surface area contributed by atoms with Crippen LogP contribution in [0, 0.1) is 18.3 Å². The minimum Gasteiger partial charge on any atom is -0.198 e. The van der Waals surface area contributed by atoms with Crippen molar-refractivity contribution in [2.75, 3.05) is 0 Å². The Labute approximate surface area is 91.5 Å². The lowest BCUT2D eigenvalue weighted by Crippen LogP contribution is -1.84. The van der Waals surface area contributed by atoms with Crippen molar-refractivity contribution in [3.05, 3.63) is 33.7 Å². The summed E-state index contributed by atoms with van der Waals surface area (Å²) < 4.78 is 1.17. The number of rotatable bonds is 1. The fourth-order valence-corrected chi connectivity index (χ4v) is 2.94. The lowest BCUT2D eigenvalue weighted by atomic mass is 10.1. The predicted octanol–water partition coefficient (Wildman–Crippen LogP) is 3.93. The van der Waals surface area contributed by atoms with Crippen LogP contribution < -0.4 is 0 Å². The highest BCUT2D eigenvalue weighted by atomic mass is 35.5. The molecule has 0 amide bonds. The predicted molar refractivity (Wildman–Crippen MR) is 60.9 cm³/mol. The van der Waals surface area contributed by atoms with Crippen molar-refractivity contribution < 1.29 is 0 Å². The van der Waals surface area contributed by atoms with Crippen LogP contribution in [0.5, 0.6) is 0 Å². The minimum atomic E-state index is 0.425. The second-order valence-electron chi connectivity index (χ2n) is 3.19. The molecule has 0 spiro atoms. The van der Waals surface area contributed by atoms with Crippen molar-refractivity contribution in [1.29, 1.82) is 5.26 Å². The summed E-state index contributed by atoms with van der Waals surface area (Å²) in [5.41, 5.74) is 2.26. The van der Waals surface area contributed by atoms with Gasteiger partial charge in [-0.1, -0.05) is 11.6 Å². The maximum atomic E-state index is 8.71. The molecule has 0 atom stereocenters. The molecule has 2 rings (SSSR count). The van der Waals surface area contributed by atoms with E-state index >= 15 is 0 Å². The zero-order chi connectivity index (χ0) is 10.1. The third-order valence-corrected chi connectivity index (χ3v) is 3.44. The molecule has 70 valence electrons. The molecule has 0 saturated carbocycles. The van der Waals surface area contributed by atoms with Crippen molar-refractivity contribution in [2.45, 2.75) is 13.3 Å². The Hall–Kier alpha value is -1.04. The second kappa shape index (κ2) is 3.61. The number of thiophene rings is 1. The molecule has 0 saturated heterocycles. The van der Waals surface area contributed by atoms with E-state index in [1.165, 1.54) is 15.6 Å². The van der Waals surface area contributed by atoms with Gasteiger partial charge in [0.2, 0.25) is 0 Å². The number of benzene rings is 1. The van der Waals surface area contributed by atoms with Crippen LogP contribution in [0.25, 0.3) is 10.1 Å². The Balaban J connectivity index is 2.78. The van der Waals surface area contributed by atoms with E-state index in [1.54, 1.807) is 11.3 Å². The molecule has 14 heavy (non-hydrogen) atoms. The lowest BCUT2D eigenvalue weighted by molar-refractivity contribution is 1.28. The zero-order valence-corrected chi connectivity index (χ0v) is 9.25. The van der Waals surface area contributed by atoms with Crippen LogP contribution in [-0.2, 0) is 6.42 Å². The van der Waals surface area contributed by atoms with E-state index in [2.05, 4.69) is 18.4 Å². The summed E-state index contributed by atoms with van der Waals surface area (Å²) in [5, 5.41) is 12.7. The van der Waals surface area contributed by atoms with Crippen LogP contribution in [0.1, 0.15) is 11.1 Å². The number of halogens is 1. The van der Waals surface area contributed by atoms with E-state index in [9.17, 15) is 0 Å². The maximum absolute atomic E-state index is 8.71. The zero-order valence-electron chi connectivity index (χ0n) is 7.67. The van der Waals surface area contributed by atoms with Crippen molar-refractivity contribution in [2.24, 2.45) is 0 Å². The average molecular weight is 222 g/mol. The second-order valence-corrected chi connectivity index (χ2v) is 4.54. The van der Waals surface area contributed by atoms with Crippen molar-refractivity contribution in [3.8, 4) is 6.07 Å². The SMILES string of the molecule is Cc1csc2cc(Cl)cc(CC#N)c12. The molecule has 0 aliphatic carbocycles. The van der Waals surface area contributed by atoms with E-state index in [-0.39, 0.29) is 0 Å². The highest BCUT2D eigenvalue weighted by molar-refractivity contribution is 7.17. The van der Waals surface area contributed by atoms with Crippen LogP contribution in [0.15, 0.2) is 17.5 Å². The molecule has 3 heteroatoms. The van der Waals surface area contributed by atoms with Crippen LogP contribution in [0.3, 0.4) is 0 Å². The standard InChI is InChI=1S/C11H8ClNS/c1-7-6-14-10-5-9(12)4-8(2-3-13)11(7)10/h4-6H,2H2,1H3. The van der Waals surface area contributed by atoms with Gasteiger partial charge in [-0.05, 0) is 40.9 Å². The fourth-order valence-electron chi connectivity index (χ4n) is 1.61. The van der Waals surface area contributed by atoms with Gasteiger partial charge in [0.1, 0.15) is 0 Å². The molecule has 0 aliphatic heterocycles. The molecule has 0 fully saturated rings. The number of nitrogens with zero attached hydrogens (tertiary/aromatic N) is 1. The quantitative estimate of drug-likeness (QED) is 0.716. The van der Waals surface area contributed by atoms with E-state index in [4.69, 9.17) is 16.9 Å². The van der Waals surface area contributed by atoms with Gasteiger partial charge >= 0.3 is 0 Å². The van der Waals surface area contributed by atoms with Crippen LogP contribution in [0.4, 0.5) is 0 Å². The molecule has 0 unspecified atom stereocenters. The van der Waals surface area contributed by atoms with Gasteiger partial charge in [-0.2, -0.15) is 5.26 Å². The number of nitriles is 1. The summed E-state index contributed by atoms with van der Waals surface area (Å²) in [4.78, 5) is 0. The number of aryl methyl sites for hydroxylation is 1. The molecular weight excluding hydrogens is 214 g/mol. The molecule has 0 radical (unpaired) electrons. The molecule has 1 heterocycles. The van der Waals surface area contributed by atoms with Gasteiger partial charge in [-0.25, -0.2) is 0 Å². The molecule has 0 aliphatic rings. The van der Waals surface area contributed by atoms with E-state index < -0.39 is 0 Å². The van der Waals surface area contributed by atoms with Crippen LogP contribution in [0.2, 0.25) is 5.02 Å². The first-order valence-corrected chi connectivity index (χ1v) is 5.51. The van der Waals surface area contributed by atoms with Crippen LogP contribution >= 0.6 is 22.9 Å². The number of hydrogen-bond acceptors (Lipinski definition) is 2. The minimum absolute atomic E-state index is 0.425. The van der Waals surface area contributed by atoms with Gasteiger partial charge in [0, 0.05) is 9.72 Å². The Morgan fingerprint density at radius 2 is 2.29 bits per heavy atom. The highest BCUT2D eigenvalue weighted by Gasteiger charge is 2.07. The third kappa shape index (κ3) is 1.50. The first-order chi connectivity index (χ1) is 6.72. The largest absolute Gasteiger partial charge is 0.198 e. The molecular formula is C11H8ClNS. The molecule has 1 aromatic heterocycles. The van der Waals surface area contributed by atoms with Crippen LogP contribution in [-0.4, -0.2) is 0 Å². The normalized spacial score (nSPS) is 10.4. The molecule has 1 aromatic carbocycles. The first kappa shape index (κ1) is 9.51. The lowest BCUT2D eigenvalue weighted by Gasteiger charge is -2.00. The summed E-state index contributed by atoms with van der Waals surface area (Å²) in [5.74, 6) is 0. The monoisotopic (exact) mass is 221 g/mol. The summed E-state index contributed by atoms with van der Waals surface area (Å²) >= 11 is 7.64. The summed E-state index contributed by atoms with van der Waals surface area (Å²) in [6.45, 7) is 2.06. The Bertz CT molecular complexity index is 522. The molecule has 0 N–H and O–H groups in total. The number of hydrogen-bond donors (Lipinski definition) is 0. The van der Waals surface area contributed by atoms with E-state index in [0.717, 1.165) is 5.56 Å². The van der Waals surface area contributed by atoms with E-state index in [0.29, 0.717) is 11.4 Å². The molecule has 0 bridgehead atoms. The van der Waals surface area contributed by atoms with Crippen molar-refractivity contribution in [3.63, 3.8) is 0 Å². The summed E-state index contributed by atoms with van der Waals surface area (Å²) in [6.07, 6.45) is 0.425. The number of fused-ring (bicyclic) bond motifs is 1. The van der Waals surface area contributed by atoms with Gasteiger partial charge < -0.3 is 0 Å². The van der Waals surface area contributed by atoms with Gasteiger partial charge in [0.25, 0.3) is 0 Å².